The van der Waals surface area contributed by atoms with Gasteiger partial charge in [0.15, 0.2) is 5.96 Å². The molecule has 7 nitrogen and oxygen atoms in total. The molecule has 0 bridgehead atoms. The molecule has 152 valence electrons. The number of hydrogen-bond acceptors (Lipinski definition) is 5. The first kappa shape index (κ1) is 21.4. The van der Waals surface area contributed by atoms with Gasteiger partial charge in [-0.15, -0.1) is 0 Å². The number of guanidine groups is 1. The highest BCUT2D eigenvalue weighted by atomic mass is 16.5. The van der Waals surface area contributed by atoms with Crippen LogP contribution in [-0.4, -0.2) is 100 Å². The minimum absolute atomic E-state index is 0.0463. The first-order valence-corrected chi connectivity index (χ1v) is 10.1. The van der Waals surface area contributed by atoms with Gasteiger partial charge in [-0.3, -0.25) is 14.8 Å². The lowest BCUT2D eigenvalue weighted by atomic mass is 10.0. The molecule has 2 N–H and O–H groups in total. The molecule has 2 rings (SSSR count). The number of nitrogens with zero attached hydrogens (tertiary/aromatic N) is 3. The summed E-state index contributed by atoms with van der Waals surface area (Å²) in [6, 6.07) is 0.756. The zero-order valence-corrected chi connectivity index (χ0v) is 17.2. The monoisotopic (exact) mass is 369 g/mol. The number of nitrogens with one attached hydrogen (secondary N) is 2. The summed E-state index contributed by atoms with van der Waals surface area (Å²) in [7, 11) is 1.77. The Morgan fingerprint density at radius 3 is 2.58 bits per heavy atom. The highest BCUT2D eigenvalue weighted by Crippen LogP contribution is 2.26. The van der Waals surface area contributed by atoms with E-state index in [1.807, 2.05) is 0 Å². The Bertz CT molecular complexity index is 420. The van der Waals surface area contributed by atoms with Crippen molar-refractivity contribution in [3.63, 3.8) is 0 Å². The third kappa shape index (κ3) is 7.39. The third-order valence-electron chi connectivity index (χ3n) is 5.17. The minimum Gasteiger partial charge on any atom is -0.383 e. The molecule has 0 atom stereocenters. The van der Waals surface area contributed by atoms with Crippen LogP contribution in [-0.2, 0) is 9.47 Å². The number of methoxy groups -OCH3 is 1. The Morgan fingerprint density at radius 2 is 1.96 bits per heavy atom. The second-order valence-electron chi connectivity index (χ2n) is 7.79. The summed E-state index contributed by atoms with van der Waals surface area (Å²) in [5.41, 5.74) is 0.0463. The lowest BCUT2D eigenvalue weighted by molar-refractivity contribution is -0.00683. The van der Waals surface area contributed by atoms with Gasteiger partial charge >= 0.3 is 0 Å². The van der Waals surface area contributed by atoms with E-state index in [2.05, 4.69) is 41.2 Å². The van der Waals surface area contributed by atoms with Crippen molar-refractivity contribution < 1.29 is 9.47 Å². The van der Waals surface area contributed by atoms with Crippen LogP contribution in [0.4, 0.5) is 0 Å². The Balaban J connectivity index is 1.79. The van der Waals surface area contributed by atoms with Crippen LogP contribution >= 0.6 is 0 Å². The fraction of sp³-hybridized carbons (Fsp3) is 0.947. The van der Waals surface area contributed by atoms with E-state index in [1.54, 1.807) is 7.11 Å². The lowest BCUT2D eigenvalue weighted by Gasteiger charge is -2.39. The van der Waals surface area contributed by atoms with Crippen molar-refractivity contribution in [2.75, 3.05) is 72.7 Å². The minimum atomic E-state index is 0.0463. The van der Waals surface area contributed by atoms with Gasteiger partial charge in [0.25, 0.3) is 0 Å². The van der Waals surface area contributed by atoms with E-state index in [4.69, 9.17) is 14.5 Å². The van der Waals surface area contributed by atoms with Crippen molar-refractivity contribution in [3.05, 3.63) is 0 Å². The zero-order valence-electron chi connectivity index (χ0n) is 17.2. The SMILES string of the molecule is CCNC(=NCC(C)(C)N1CCOCC1)NCCN(CCOC)C1CC1. The Hall–Kier alpha value is -0.890. The van der Waals surface area contributed by atoms with Gasteiger partial charge in [-0.05, 0) is 33.6 Å². The van der Waals surface area contributed by atoms with Gasteiger partial charge in [0.05, 0.1) is 26.4 Å². The molecule has 2 aliphatic rings. The van der Waals surface area contributed by atoms with E-state index in [-0.39, 0.29) is 5.54 Å². The molecule has 0 radical (unpaired) electrons. The molecule has 0 amide bonds. The van der Waals surface area contributed by atoms with Gasteiger partial charge in [-0.1, -0.05) is 0 Å². The van der Waals surface area contributed by atoms with Gasteiger partial charge in [0.1, 0.15) is 0 Å². The average Bonchev–Trinajstić information content (AvgIpc) is 3.48. The van der Waals surface area contributed by atoms with Crippen molar-refractivity contribution in [1.82, 2.24) is 20.4 Å². The first-order chi connectivity index (χ1) is 12.6. The van der Waals surface area contributed by atoms with Gasteiger partial charge < -0.3 is 20.1 Å². The average molecular weight is 370 g/mol. The van der Waals surface area contributed by atoms with Crippen LogP contribution in [0, 0.1) is 0 Å². The molecule has 1 aliphatic heterocycles. The molecule has 0 aromatic rings. The topological polar surface area (TPSA) is 61.4 Å². The molecule has 7 heteroatoms. The van der Waals surface area contributed by atoms with E-state index in [1.165, 1.54) is 12.8 Å². The second-order valence-corrected chi connectivity index (χ2v) is 7.79. The van der Waals surface area contributed by atoms with Gasteiger partial charge in [0.2, 0.25) is 0 Å². The summed E-state index contributed by atoms with van der Waals surface area (Å²) >= 11 is 0. The van der Waals surface area contributed by atoms with Gasteiger partial charge in [-0.25, -0.2) is 0 Å². The van der Waals surface area contributed by atoms with Crippen LogP contribution in [0.1, 0.15) is 33.6 Å². The van der Waals surface area contributed by atoms with Crippen molar-refractivity contribution in [1.29, 1.82) is 0 Å². The largest absolute Gasteiger partial charge is 0.383 e. The molecular weight excluding hydrogens is 330 g/mol. The van der Waals surface area contributed by atoms with Gasteiger partial charge in [0, 0.05) is 58.0 Å². The predicted molar refractivity (Wildman–Crippen MR) is 107 cm³/mol. The standard InChI is InChI=1S/C19H39N5O2/c1-5-20-18(21-8-9-23(10-13-25-4)17-6-7-17)22-16-19(2,3)24-11-14-26-15-12-24/h17H,5-16H2,1-4H3,(H2,20,21,22). The summed E-state index contributed by atoms with van der Waals surface area (Å²) in [6.45, 7) is 15.7. The summed E-state index contributed by atoms with van der Waals surface area (Å²) in [4.78, 5) is 9.85. The van der Waals surface area contributed by atoms with Crippen molar-refractivity contribution in [2.24, 2.45) is 4.99 Å². The summed E-state index contributed by atoms with van der Waals surface area (Å²) in [6.07, 6.45) is 2.65. The molecule has 1 saturated carbocycles. The molecule has 0 aromatic carbocycles. The molecule has 1 heterocycles. The maximum atomic E-state index is 5.47. The number of aliphatic imine (C=N–C) groups is 1. The normalized spacial score (nSPS) is 19.8. The Kier molecular flexibility index (Phi) is 9.11. The summed E-state index contributed by atoms with van der Waals surface area (Å²) < 4.78 is 10.7. The van der Waals surface area contributed by atoms with E-state index in [0.717, 1.165) is 77.6 Å². The first-order valence-electron chi connectivity index (χ1n) is 10.1. The number of rotatable bonds is 11. The molecule has 26 heavy (non-hydrogen) atoms. The lowest BCUT2D eigenvalue weighted by Crippen LogP contribution is -2.52. The van der Waals surface area contributed by atoms with Crippen molar-refractivity contribution in [2.45, 2.75) is 45.2 Å². The van der Waals surface area contributed by atoms with Crippen LogP contribution in [0.15, 0.2) is 4.99 Å². The van der Waals surface area contributed by atoms with E-state index in [9.17, 15) is 0 Å². The molecule has 2 fully saturated rings. The van der Waals surface area contributed by atoms with Crippen molar-refractivity contribution >= 4 is 5.96 Å². The van der Waals surface area contributed by atoms with E-state index < -0.39 is 0 Å². The maximum absolute atomic E-state index is 5.47. The molecular formula is C19H39N5O2. The quantitative estimate of drug-likeness (QED) is 0.414. The second kappa shape index (κ2) is 11.1. The van der Waals surface area contributed by atoms with Crippen LogP contribution in [0.2, 0.25) is 0 Å². The van der Waals surface area contributed by atoms with Crippen LogP contribution in [0.5, 0.6) is 0 Å². The highest BCUT2D eigenvalue weighted by Gasteiger charge is 2.29. The summed E-state index contributed by atoms with van der Waals surface area (Å²) in [5.74, 6) is 0.913. The van der Waals surface area contributed by atoms with Crippen LogP contribution < -0.4 is 10.6 Å². The maximum Gasteiger partial charge on any atom is 0.191 e. The molecule has 1 saturated heterocycles. The number of ether oxygens (including phenoxy) is 2. The fourth-order valence-corrected chi connectivity index (χ4v) is 3.33. The molecule has 0 spiro atoms. The van der Waals surface area contributed by atoms with Crippen molar-refractivity contribution in [3.8, 4) is 0 Å². The fourth-order valence-electron chi connectivity index (χ4n) is 3.33. The Morgan fingerprint density at radius 1 is 1.23 bits per heavy atom. The Labute approximate surface area is 159 Å². The van der Waals surface area contributed by atoms with E-state index >= 15 is 0 Å². The smallest absolute Gasteiger partial charge is 0.191 e. The molecule has 1 aliphatic carbocycles. The molecule has 0 unspecified atom stereocenters. The van der Waals surface area contributed by atoms with E-state index in [0.29, 0.717) is 0 Å². The predicted octanol–water partition coefficient (Wildman–Crippen LogP) is 0.763. The zero-order chi connectivity index (χ0) is 18.8. The third-order valence-corrected chi connectivity index (χ3v) is 5.17. The number of hydrogen-bond donors (Lipinski definition) is 2. The summed E-state index contributed by atoms with van der Waals surface area (Å²) in [5, 5.41) is 6.87. The number of morpholine rings is 1. The van der Waals surface area contributed by atoms with Crippen LogP contribution in [0.25, 0.3) is 0 Å². The van der Waals surface area contributed by atoms with Gasteiger partial charge in [-0.2, -0.15) is 0 Å². The van der Waals surface area contributed by atoms with Crippen LogP contribution in [0.3, 0.4) is 0 Å². The highest BCUT2D eigenvalue weighted by molar-refractivity contribution is 5.79. The molecule has 0 aromatic heterocycles.